The summed E-state index contributed by atoms with van der Waals surface area (Å²) in [6.45, 7) is 0. The second-order valence-electron chi connectivity index (χ2n) is 4.79. The number of halogens is 2. The van der Waals surface area contributed by atoms with Gasteiger partial charge >= 0.3 is 5.97 Å². The Labute approximate surface area is 105 Å². The normalized spacial score (nSPS) is 14.6. The number of fused-ring (bicyclic) bond motifs is 1. The van der Waals surface area contributed by atoms with Gasteiger partial charge in [-0.05, 0) is 42.9 Å². The molecule has 4 heteroatoms. The molecule has 1 aliphatic carbocycles. The summed E-state index contributed by atoms with van der Waals surface area (Å²) in [6.07, 6.45) is 2.26. The lowest BCUT2D eigenvalue weighted by Gasteiger charge is -2.17. The van der Waals surface area contributed by atoms with Crippen molar-refractivity contribution in [3.8, 4) is 0 Å². The van der Waals surface area contributed by atoms with E-state index in [1.807, 2.05) is 0 Å². The van der Waals surface area contributed by atoms with Crippen molar-refractivity contribution in [3.63, 3.8) is 0 Å². The van der Waals surface area contributed by atoms with Gasteiger partial charge in [0.1, 0.15) is 0 Å². The largest absolute Gasteiger partial charge is 0.481 e. The molecule has 0 bridgehead atoms. The average molecular weight is 254 g/mol. The molecule has 0 heterocycles. The minimum Gasteiger partial charge on any atom is -0.481 e. The highest BCUT2D eigenvalue weighted by molar-refractivity contribution is 5.66. The summed E-state index contributed by atoms with van der Waals surface area (Å²) in [5.41, 5.74) is 2.21. The van der Waals surface area contributed by atoms with E-state index >= 15 is 0 Å². The summed E-state index contributed by atoms with van der Waals surface area (Å²) in [5.74, 6) is -3.95. The number of hydrogen-bond donors (Lipinski definition) is 1. The van der Waals surface area contributed by atoms with Crippen LogP contribution in [-0.4, -0.2) is 11.1 Å². The summed E-state index contributed by atoms with van der Waals surface area (Å²) in [5, 5.41) is 8.46. The molecular weight excluding hydrogens is 238 g/mol. The van der Waals surface area contributed by atoms with Crippen LogP contribution in [0.4, 0.5) is 8.78 Å². The van der Waals surface area contributed by atoms with Gasteiger partial charge in [-0.25, -0.2) is 8.78 Å². The minimum atomic E-state index is -2.92. The Morgan fingerprint density at radius 2 is 2.00 bits per heavy atom. The molecule has 0 spiro atoms. The highest BCUT2D eigenvalue weighted by atomic mass is 19.3. The molecule has 2 rings (SSSR count). The molecule has 0 aliphatic heterocycles. The molecule has 0 fully saturated rings. The van der Waals surface area contributed by atoms with Crippen molar-refractivity contribution in [2.24, 2.45) is 0 Å². The zero-order chi connectivity index (χ0) is 13.2. The number of hydrogen-bond acceptors (Lipinski definition) is 1. The van der Waals surface area contributed by atoms with E-state index in [9.17, 15) is 13.6 Å². The minimum absolute atomic E-state index is 0.000577. The van der Waals surface area contributed by atoms with Crippen LogP contribution in [-0.2, 0) is 23.6 Å². The first-order valence-electron chi connectivity index (χ1n) is 6.21. The first kappa shape index (κ1) is 13.0. The Morgan fingerprint density at radius 1 is 1.28 bits per heavy atom. The lowest BCUT2D eigenvalue weighted by Crippen LogP contribution is -2.14. The van der Waals surface area contributed by atoms with Gasteiger partial charge in [0.25, 0.3) is 5.92 Å². The number of carboxylic acids is 1. The molecule has 1 N–H and O–H groups in total. The van der Waals surface area contributed by atoms with E-state index in [-0.39, 0.29) is 18.4 Å². The molecule has 1 aromatic carbocycles. The second kappa shape index (κ2) is 5.04. The lowest BCUT2D eigenvalue weighted by atomic mass is 9.98. The molecule has 0 radical (unpaired) electrons. The van der Waals surface area contributed by atoms with Gasteiger partial charge in [0.15, 0.2) is 0 Å². The SMILES string of the molecule is O=C(O)CCCC(F)(F)c1ccc2c(c1)CCC2. The standard InChI is InChI=1S/C14H16F2O2/c15-14(16,8-2-5-13(17)18)12-7-6-10-3-1-4-11(10)9-12/h6-7,9H,1-5,8H2,(H,17,18). The zero-order valence-corrected chi connectivity index (χ0v) is 10.1. The molecule has 0 atom stereocenters. The van der Waals surface area contributed by atoms with Crippen LogP contribution >= 0.6 is 0 Å². The molecule has 0 saturated carbocycles. The molecule has 0 saturated heterocycles. The smallest absolute Gasteiger partial charge is 0.303 e. The zero-order valence-electron chi connectivity index (χ0n) is 10.1. The third kappa shape index (κ3) is 2.86. The summed E-state index contributed by atoms with van der Waals surface area (Å²) >= 11 is 0. The highest BCUT2D eigenvalue weighted by Gasteiger charge is 2.32. The fourth-order valence-electron chi connectivity index (χ4n) is 2.41. The number of alkyl halides is 2. The number of benzene rings is 1. The van der Waals surface area contributed by atoms with Gasteiger partial charge in [0.2, 0.25) is 0 Å². The predicted octanol–water partition coefficient (Wildman–Crippen LogP) is 3.52. The van der Waals surface area contributed by atoms with Crippen molar-refractivity contribution in [1.29, 1.82) is 0 Å². The van der Waals surface area contributed by atoms with Crippen LogP contribution in [0.2, 0.25) is 0 Å². The number of aryl methyl sites for hydroxylation is 2. The summed E-state index contributed by atoms with van der Waals surface area (Å²) in [4.78, 5) is 10.3. The Hall–Kier alpha value is -1.45. The summed E-state index contributed by atoms with van der Waals surface area (Å²) in [7, 11) is 0. The van der Waals surface area contributed by atoms with Gasteiger partial charge in [-0.2, -0.15) is 0 Å². The molecule has 0 amide bonds. The quantitative estimate of drug-likeness (QED) is 0.872. The van der Waals surface area contributed by atoms with Gasteiger partial charge in [-0.3, -0.25) is 4.79 Å². The number of rotatable bonds is 5. The molecule has 2 nitrogen and oxygen atoms in total. The third-order valence-corrected chi connectivity index (χ3v) is 3.40. The highest BCUT2D eigenvalue weighted by Crippen LogP contribution is 2.35. The Kier molecular flexibility index (Phi) is 3.64. The maximum absolute atomic E-state index is 13.9. The van der Waals surface area contributed by atoms with Gasteiger partial charge in [0, 0.05) is 18.4 Å². The maximum Gasteiger partial charge on any atom is 0.303 e. The van der Waals surface area contributed by atoms with Gasteiger partial charge in [0.05, 0.1) is 0 Å². The van der Waals surface area contributed by atoms with Crippen molar-refractivity contribution in [2.45, 2.75) is 44.4 Å². The van der Waals surface area contributed by atoms with Crippen molar-refractivity contribution in [2.75, 3.05) is 0 Å². The van der Waals surface area contributed by atoms with Crippen LogP contribution < -0.4 is 0 Å². The molecular formula is C14H16F2O2. The Bertz CT molecular complexity index is 455. The van der Waals surface area contributed by atoms with E-state index in [0.717, 1.165) is 24.8 Å². The molecule has 0 aromatic heterocycles. The molecule has 0 unspecified atom stereocenters. The van der Waals surface area contributed by atoms with Crippen LogP contribution in [0.5, 0.6) is 0 Å². The molecule has 1 aromatic rings. The monoisotopic (exact) mass is 254 g/mol. The molecule has 98 valence electrons. The molecule has 1 aliphatic rings. The fourth-order valence-corrected chi connectivity index (χ4v) is 2.41. The van der Waals surface area contributed by atoms with E-state index in [2.05, 4.69) is 0 Å². The topological polar surface area (TPSA) is 37.3 Å². The van der Waals surface area contributed by atoms with E-state index < -0.39 is 18.3 Å². The van der Waals surface area contributed by atoms with Crippen LogP contribution in [0.3, 0.4) is 0 Å². The van der Waals surface area contributed by atoms with Crippen molar-refractivity contribution < 1.29 is 18.7 Å². The van der Waals surface area contributed by atoms with Crippen LogP contribution in [0.15, 0.2) is 18.2 Å². The van der Waals surface area contributed by atoms with E-state index in [0.29, 0.717) is 0 Å². The van der Waals surface area contributed by atoms with Crippen molar-refractivity contribution in [3.05, 3.63) is 34.9 Å². The van der Waals surface area contributed by atoms with E-state index in [4.69, 9.17) is 5.11 Å². The van der Waals surface area contributed by atoms with Crippen molar-refractivity contribution >= 4 is 5.97 Å². The summed E-state index contributed by atoms with van der Waals surface area (Å²) in [6, 6.07) is 4.84. The molecule has 18 heavy (non-hydrogen) atoms. The number of carboxylic acid groups (broad SMARTS) is 1. The lowest BCUT2D eigenvalue weighted by molar-refractivity contribution is -0.137. The van der Waals surface area contributed by atoms with Gasteiger partial charge in [-0.1, -0.05) is 12.1 Å². The first-order valence-corrected chi connectivity index (χ1v) is 6.21. The predicted molar refractivity (Wildman–Crippen MR) is 63.8 cm³/mol. The Balaban J connectivity index is 2.07. The van der Waals surface area contributed by atoms with Crippen LogP contribution in [0, 0.1) is 0 Å². The van der Waals surface area contributed by atoms with E-state index in [1.165, 1.54) is 11.6 Å². The fraction of sp³-hybridized carbons (Fsp3) is 0.500. The van der Waals surface area contributed by atoms with E-state index in [1.54, 1.807) is 12.1 Å². The average Bonchev–Trinajstić information content (AvgIpc) is 2.74. The third-order valence-electron chi connectivity index (χ3n) is 3.40. The van der Waals surface area contributed by atoms with Crippen LogP contribution in [0.25, 0.3) is 0 Å². The number of carbonyl (C=O) groups is 1. The van der Waals surface area contributed by atoms with Gasteiger partial charge in [-0.15, -0.1) is 0 Å². The first-order chi connectivity index (χ1) is 8.49. The maximum atomic E-state index is 13.9. The summed E-state index contributed by atoms with van der Waals surface area (Å²) < 4.78 is 27.8. The van der Waals surface area contributed by atoms with Crippen molar-refractivity contribution in [1.82, 2.24) is 0 Å². The Morgan fingerprint density at radius 3 is 2.72 bits per heavy atom. The van der Waals surface area contributed by atoms with Crippen LogP contribution in [0.1, 0.15) is 42.4 Å². The number of aliphatic carboxylic acids is 1. The van der Waals surface area contributed by atoms with Gasteiger partial charge < -0.3 is 5.11 Å². The second-order valence-corrected chi connectivity index (χ2v) is 4.79.